The van der Waals surface area contributed by atoms with E-state index in [1.165, 1.54) is 12.4 Å². The molecule has 4 rings (SSSR count). The van der Waals surface area contributed by atoms with Gasteiger partial charge in [-0.2, -0.15) is 13.2 Å². The van der Waals surface area contributed by atoms with Crippen LogP contribution in [0.2, 0.25) is 0 Å². The highest BCUT2D eigenvalue weighted by Gasteiger charge is 2.30. The third-order valence-electron chi connectivity index (χ3n) is 5.36. The molecule has 0 saturated carbocycles. The van der Waals surface area contributed by atoms with E-state index in [-0.39, 0.29) is 0 Å². The van der Waals surface area contributed by atoms with Crippen LogP contribution in [-0.2, 0) is 19.1 Å². The number of benzene rings is 2. The number of hydrogen-bond acceptors (Lipinski definition) is 6. The van der Waals surface area contributed by atoms with Crippen molar-refractivity contribution in [1.29, 1.82) is 0 Å². The van der Waals surface area contributed by atoms with Crippen LogP contribution in [-0.4, -0.2) is 22.6 Å². The number of halogens is 3. The molecular formula is C25H26F3N5O. The van der Waals surface area contributed by atoms with Crippen molar-refractivity contribution in [2.45, 2.75) is 39.0 Å². The van der Waals surface area contributed by atoms with E-state index in [2.05, 4.69) is 41.0 Å². The van der Waals surface area contributed by atoms with Gasteiger partial charge in [0.2, 0.25) is 5.88 Å². The molecule has 2 N–H and O–H groups in total. The number of alkyl halides is 3. The van der Waals surface area contributed by atoms with Gasteiger partial charge < -0.3 is 20.3 Å². The lowest BCUT2D eigenvalue weighted by molar-refractivity contribution is -0.137. The van der Waals surface area contributed by atoms with Gasteiger partial charge in [0.25, 0.3) is 0 Å². The lowest BCUT2D eigenvalue weighted by Crippen LogP contribution is -2.24. The number of nitrogens with zero attached hydrogens (tertiary/aromatic N) is 3. The van der Waals surface area contributed by atoms with E-state index in [0.717, 1.165) is 35.5 Å². The van der Waals surface area contributed by atoms with Crippen molar-refractivity contribution in [2.75, 3.05) is 16.8 Å². The lowest BCUT2D eigenvalue weighted by atomic mass is 10.1. The van der Waals surface area contributed by atoms with E-state index in [1.807, 2.05) is 23.1 Å². The first-order chi connectivity index (χ1) is 16.2. The molecule has 2 heterocycles. The molecule has 2 aromatic carbocycles. The molecule has 0 unspecified atom stereocenters. The summed E-state index contributed by atoms with van der Waals surface area (Å²) >= 11 is 0. The zero-order chi connectivity index (χ0) is 24.3. The molecule has 0 fully saturated rings. The molecule has 0 aliphatic carbocycles. The number of anilines is 2. The summed E-state index contributed by atoms with van der Waals surface area (Å²) in [7, 11) is 0. The fourth-order valence-electron chi connectivity index (χ4n) is 3.69. The standard InChI is InChI=1S/C25H26F3N5O/c1-16(2)29-14-21-13-24(31-15-30-21)34-22-7-8-23-18(11-22)9-10-33(23)17(3)32-20-6-4-5-19(12-20)25(26,27)28/h4-8,11-13,15-16,29,32H,3,9-10,14H2,1-2H3. The zero-order valence-electron chi connectivity index (χ0n) is 19.0. The highest BCUT2D eigenvalue weighted by Crippen LogP contribution is 2.35. The minimum atomic E-state index is -4.40. The second kappa shape index (κ2) is 9.72. The Balaban J connectivity index is 1.44. The van der Waals surface area contributed by atoms with E-state index in [9.17, 15) is 13.2 Å². The Kier molecular flexibility index (Phi) is 6.74. The minimum absolute atomic E-state index is 0.333. The Morgan fingerprint density at radius 3 is 2.74 bits per heavy atom. The largest absolute Gasteiger partial charge is 0.439 e. The molecule has 178 valence electrons. The van der Waals surface area contributed by atoms with Crippen LogP contribution in [0.25, 0.3) is 0 Å². The summed E-state index contributed by atoms with van der Waals surface area (Å²) < 4.78 is 45.0. The van der Waals surface area contributed by atoms with Gasteiger partial charge in [0.1, 0.15) is 17.9 Å². The Hall–Kier alpha value is -3.59. The van der Waals surface area contributed by atoms with Crippen molar-refractivity contribution in [2.24, 2.45) is 0 Å². The molecule has 3 aromatic rings. The van der Waals surface area contributed by atoms with Gasteiger partial charge in [-0.3, -0.25) is 0 Å². The van der Waals surface area contributed by atoms with Crippen LogP contribution >= 0.6 is 0 Å². The van der Waals surface area contributed by atoms with E-state index in [4.69, 9.17) is 4.74 Å². The zero-order valence-corrected chi connectivity index (χ0v) is 19.0. The molecule has 34 heavy (non-hydrogen) atoms. The van der Waals surface area contributed by atoms with Crippen molar-refractivity contribution in [1.82, 2.24) is 15.3 Å². The van der Waals surface area contributed by atoms with Crippen LogP contribution in [0.3, 0.4) is 0 Å². The first kappa shape index (κ1) is 23.6. The second-order valence-electron chi connectivity index (χ2n) is 8.33. The summed E-state index contributed by atoms with van der Waals surface area (Å²) in [4.78, 5) is 10.4. The van der Waals surface area contributed by atoms with Gasteiger partial charge in [0.05, 0.1) is 11.3 Å². The molecule has 0 bridgehead atoms. The predicted molar refractivity (Wildman–Crippen MR) is 126 cm³/mol. The molecule has 1 aliphatic rings. The number of nitrogens with one attached hydrogen (secondary N) is 2. The van der Waals surface area contributed by atoms with Crippen LogP contribution in [0.1, 0.15) is 30.7 Å². The van der Waals surface area contributed by atoms with E-state index in [0.29, 0.717) is 42.3 Å². The summed E-state index contributed by atoms with van der Waals surface area (Å²) in [6.45, 7) is 9.44. The fourth-order valence-corrected chi connectivity index (χ4v) is 3.69. The van der Waals surface area contributed by atoms with Crippen molar-refractivity contribution in [3.8, 4) is 11.6 Å². The summed E-state index contributed by atoms with van der Waals surface area (Å²) in [5.41, 5.74) is 2.45. The summed E-state index contributed by atoms with van der Waals surface area (Å²) in [5.74, 6) is 1.62. The van der Waals surface area contributed by atoms with Crippen molar-refractivity contribution in [3.63, 3.8) is 0 Å². The first-order valence-electron chi connectivity index (χ1n) is 10.9. The van der Waals surface area contributed by atoms with Crippen LogP contribution < -0.4 is 20.3 Å². The van der Waals surface area contributed by atoms with Crippen molar-refractivity contribution < 1.29 is 17.9 Å². The highest BCUT2D eigenvalue weighted by molar-refractivity contribution is 5.66. The van der Waals surface area contributed by atoms with Crippen LogP contribution in [0.4, 0.5) is 24.5 Å². The number of hydrogen-bond donors (Lipinski definition) is 2. The number of aromatic nitrogens is 2. The van der Waals surface area contributed by atoms with Gasteiger partial charge in [0.15, 0.2) is 0 Å². The van der Waals surface area contributed by atoms with Gasteiger partial charge in [-0.25, -0.2) is 9.97 Å². The fraction of sp³-hybridized carbons (Fsp3) is 0.280. The molecule has 1 aromatic heterocycles. The van der Waals surface area contributed by atoms with E-state index < -0.39 is 11.7 Å². The number of rotatable bonds is 8. The average Bonchev–Trinajstić information content (AvgIpc) is 3.21. The van der Waals surface area contributed by atoms with Gasteiger partial charge in [0, 0.05) is 36.6 Å². The number of ether oxygens (including phenoxy) is 1. The molecule has 0 saturated heterocycles. The summed E-state index contributed by atoms with van der Waals surface area (Å²) in [5, 5.41) is 6.30. The Morgan fingerprint density at radius 2 is 1.97 bits per heavy atom. The topological polar surface area (TPSA) is 62.3 Å². The van der Waals surface area contributed by atoms with Crippen molar-refractivity contribution >= 4 is 11.4 Å². The van der Waals surface area contributed by atoms with Gasteiger partial charge >= 0.3 is 6.18 Å². The van der Waals surface area contributed by atoms with Gasteiger partial charge in [-0.15, -0.1) is 0 Å². The quantitative estimate of drug-likeness (QED) is 0.439. The maximum Gasteiger partial charge on any atom is 0.416 e. The average molecular weight is 470 g/mol. The predicted octanol–water partition coefficient (Wildman–Crippen LogP) is 5.73. The lowest BCUT2D eigenvalue weighted by Gasteiger charge is -2.23. The monoisotopic (exact) mass is 469 g/mol. The normalized spacial score (nSPS) is 13.2. The highest BCUT2D eigenvalue weighted by atomic mass is 19.4. The van der Waals surface area contributed by atoms with Crippen molar-refractivity contribution in [3.05, 3.63) is 84.1 Å². The molecule has 0 radical (unpaired) electrons. The molecule has 9 heteroatoms. The summed E-state index contributed by atoms with van der Waals surface area (Å²) in [6, 6.07) is 12.9. The van der Waals surface area contributed by atoms with E-state index in [1.54, 1.807) is 12.1 Å². The maximum atomic E-state index is 13.0. The van der Waals surface area contributed by atoms with Gasteiger partial charge in [-0.1, -0.05) is 26.5 Å². The number of fused-ring (bicyclic) bond motifs is 1. The Bertz CT molecular complexity index is 1180. The first-order valence-corrected chi connectivity index (χ1v) is 10.9. The Morgan fingerprint density at radius 1 is 1.15 bits per heavy atom. The molecule has 0 spiro atoms. The Labute approximate surface area is 196 Å². The van der Waals surface area contributed by atoms with E-state index >= 15 is 0 Å². The third kappa shape index (κ3) is 5.66. The molecule has 6 nitrogen and oxygen atoms in total. The second-order valence-corrected chi connectivity index (χ2v) is 8.33. The summed E-state index contributed by atoms with van der Waals surface area (Å²) in [6.07, 6.45) is -2.17. The third-order valence-corrected chi connectivity index (χ3v) is 5.36. The van der Waals surface area contributed by atoms with Crippen LogP contribution in [0, 0.1) is 0 Å². The SMILES string of the molecule is C=C(Nc1cccc(C(F)(F)F)c1)N1CCc2cc(Oc3cc(CNC(C)C)ncn3)ccc21. The van der Waals surface area contributed by atoms with Crippen LogP contribution in [0.5, 0.6) is 11.6 Å². The molecule has 0 atom stereocenters. The molecular weight excluding hydrogens is 443 g/mol. The smallest absolute Gasteiger partial charge is 0.416 e. The van der Waals surface area contributed by atoms with Gasteiger partial charge in [-0.05, 0) is 48.4 Å². The maximum absolute atomic E-state index is 13.0. The minimum Gasteiger partial charge on any atom is -0.439 e. The van der Waals surface area contributed by atoms with Crippen LogP contribution in [0.15, 0.2) is 67.3 Å². The molecule has 0 amide bonds. The molecule has 1 aliphatic heterocycles.